The molecule has 1 aromatic heterocycles. The minimum absolute atomic E-state index is 0.150. The van der Waals surface area contributed by atoms with Gasteiger partial charge in [0, 0.05) is 17.5 Å². The Hall–Kier alpha value is -2.15. The fraction of sp³-hybridized carbons (Fsp3) is 0.500. The lowest BCUT2D eigenvalue weighted by Gasteiger charge is -2.22. The van der Waals surface area contributed by atoms with E-state index in [0.717, 1.165) is 16.5 Å². The highest BCUT2D eigenvalue weighted by Gasteiger charge is 2.60. The van der Waals surface area contributed by atoms with Crippen LogP contribution in [0, 0.1) is 18.3 Å². The molecule has 1 unspecified atom stereocenters. The maximum absolute atomic E-state index is 12.7. The van der Waals surface area contributed by atoms with Crippen LogP contribution in [-0.2, 0) is 21.1 Å². The second-order valence-corrected chi connectivity index (χ2v) is 10.1. The Morgan fingerprint density at radius 2 is 1.96 bits per heavy atom. The summed E-state index contributed by atoms with van der Waals surface area (Å²) in [4.78, 5) is 24.3. The molecule has 1 saturated carbocycles. The van der Waals surface area contributed by atoms with Crippen LogP contribution >= 0.6 is 0 Å². The van der Waals surface area contributed by atoms with E-state index in [0.29, 0.717) is 37.0 Å². The van der Waals surface area contributed by atoms with Crippen molar-refractivity contribution < 1.29 is 22.4 Å². The van der Waals surface area contributed by atoms with Gasteiger partial charge in [-0.05, 0) is 55.2 Å². The zero-order valence-corrected chi connectivity index (χ0v) is 16.2. The third kappa shape index (κ3) is 3.29. The van der Waals surface area contributed by atoms with Crippen LogP contribution in [0.25, 0.3) is 11.0 Å². The topological polar surface area (TPSA) is 90.7 Å². The Morgan fingerprint density at radius 1 is 1.26 bits per heavy atom. The minimum Gasteiger partial charge on any atom is -0.426 e. The second-order valence-electron chi connectivity index (χ2n) is 7.75. The summed E-state index contributed by atoms with van der Waals surface area (Å²) in [5.74, 6) is 0.139. The fourth-order valence-electron chi connectivity index (χ4n) is 4.12. The molecule has 4 rings (SSSR count). The first kappa shape index (κ1) is 18.2. The van der Waals surface area contributed by atoms with Crippen LogP contribution in [0.3, 0.4) is 0 Å². The SMILES string of the molecule is CCc1cc2c(C)cc(=O)oc2cc1OC(=O)C1CC12CCS(=O)(=O)CC2. The van der Waals surface area contributed by atoms with E-state index in [9.17, 15) is 18.0 Å². The van der Waals surface area contributed by atoms with Crippen molar-refractivity contribution in [2.45, 2.75) is 39.5 Å². The van der Waals surface area contributed by atoms with Gasteiger partial charge in [-0.2, -0.15) is 0 Å². The van der Waals surface area contributed by atoms with E-state index in [1.165, 1.54) is 6.07 Å². The number of rotatable bonds is 3. The summed E-state index contributed by atoms with van der Waals surface area (Å²) in [6, 6.07) is 4.95. The molecule has 0 amide bonds. The van der Waals surface area contributed by atoms with E-state index in [-0.39, 0.29) is 28.8 Å². The number of hydrogen-bond acceptors (Lipinski definition) is 6. The molecule has 27 heavy (non-hydrogen) atoms. The van der Waals surface area contributed by atoms with Gasteiger partial charge in [0.2, 0.25) is 0 Å². The van der Waals surface area contributed by atoms with Crippen molar-refractivity contribution in [3.8, 4) is 5.75 Å². The van der Waals surface area contributed by atoms with Gasteiger partial charge in [-0.1, -0.05) is 6.92 Å². The quantitative estimate of drug-likeness (QED) is 0.455. The van der Waals surface area contributed by atoms with E-state index in [2.05, 4.69) is 0 Å². The summed E-state index contributed by atoms with van der Waals surface area (Å²) >= 11 is 0. The molecule has 1 aliphatic carbocycles. The fourth-order valence-corrected chi connectivity index (χ4v) is 5.76. The largest absolute Gasteiger partial charge is 0.426 e. The first-order chi connectivity index (χ1) is 12.7. The normalized spacial score (nSPS) is 22.7. The predicted molar refractivity (Wildman–Crippen MR) is 101 cm³/mol. The second kappa shape index (κ2) is 6.19. The molecule has 2 aliphatic rings. The molecule has 1 atom stereocenters. The smallest absolute Gasteiger partial charge is 0.336 e. The molecule has 1 spiro atoms. The number of fused-ring (bicyclic) bond motifs is 1. The van der Waals surface area contributed by atoms with Crippen LogP contribution in [0.4, 0.5) is 0 Å². The van der Waals surface area contributed by atoms with Crippen molar-refractivity contribution in [2.75, 3.05) is 11.5 Å². The number of ether oxygens (including phenoxy) is 1. The van der Waals surface area contributed by atoms with Crippen molar-refractivity contribution in [1.82, 2.24) is 0 Å². The van der Waals surface area contributed by atoms with Crippen LogP contribution < -0.4 is 10.4 Å². The summed E-state index contributed by atoms with van der Waals surface area (Å²) in [6.07, 6.45) is 2.42. The van der Waals surface area contributed by atoms with Crippen LogP contribution in [0.2, 0.25) is 0 Å². The van der Waals surface area contributed by atoms with Crippen LogP contribution in [-0.4, -0.2) is 25.9 Å². The lowest BCUT2D eigenvalue weighted by atomic mass is 9.96. The van der Waals surface area contributed by atoms with Crippen molar-refractivity contribution >= 4 is 26.8 Å². The van der Waals surface area contributed by atoms with Gasteiger partial charge in [0.1, 0.15) is 21.2 Å². The van der Waals surface area contributed by atoms with E-state index < -0.39 is 15.5 Å². The standard InChI is InChI=1S/C20H22O6S/c1-3-13-9-14-12(2)8-18(21)25-17(14)10-16(13)26-19(22)15-11-20(15)4-6-27(23,24)7-5-20/h8-10,15H,3-7,11H2,1-2H3. The molecule has 0 bridgehead atoms. The molecule has 0 N–H and O–H groups in total. The zero-order chi connectivity index (χ0) is 19.4. The average molecular weight is 390 g/mol. The van der Waals surface area contributed by atoms with Gasteiger partial charge in [-0.15, -0.1) is 0 Å². The lowest BCUT2D eigenvalue weighted by molar-refractivity contribution is -0.136. The highest BCUT2D eigenvalue weighted by Crippen LogP contribution is 2.60. The molecule has 2 fully saturated rings. The molecule has 1 aliphatic heterocycles. The van der Waals surface area contributed by atoms with Gasteiger partial charge < -0.3 is 9.15 Å². The van der Waals surface area contributed by atoms with Gasteiger partial charge in [-0.25, -0.2) is 13.2 Å². The molecule has 144 valence electrons. The van der Waals surface area contributed by atoms with Crippen molar-refractivity contribution in [3.05, 3.63) is 39.7 Å². The summed E-state index contributed by atoms with van der Waals surface area (Å²) in [6.45, 7) is 3.81. The van der Waals surface area contributed by atoms with Gasteiger partial charge in [0.05, 0.1) is 17.4 Å². The van der Waals surface area contributed by atoms with Gasteiger partial charge in [0.25, 0.3) is 0 Å². The van der Waals surface area contributed by atoms with Gasteiger partial charge in [0.15, 0.2) is 0 Å². The van der Waals surface area contributed by atoms with E-state index >= 15 is 0 Å². The number of esters is 1. The Labute approximate surface area is 157 Å². The molecule has 7 heteroatoms. The highest BCUT2D eigenvalue weighted by molar-refractivity contribution is 7.91. The molecule has 0 radical (unpaired) electrons. The first-order valence-electron chi connectivity index (χ1n) is 9.22. The molecular formula is C20H22O6S. The summed E-state index contributed by atoms with van der Waals surface area (Å²) in [7, 11) is -2.96. The molecule has 1 saturated heterocycles. The van der Waals surface area contributed by atoms with Crippen LogP contribution in [0.15, 0.2) is 27.4 Å². The van der Waals surface area contributed by atoms with E-state index in [1.807, 2.05) is 19.9 Å². The Morgan fingerprint density at radius 3 is 2.63 bits per heavy atom. The van der Waals surface area contributed by atoms with Crippen molar-refractivity contribution in [1.29, 1.82) is 0 Å². The third-order valence-electron chi connectivity index (χ3n) is 6.02. The summed E-state index contributed by atoms with van der Waals surface area (Å²) < 4.78 is 34.2. The van der Waals surface area contributed by atoms with Crippen LogP contribution in [0.5, 0.6) is 5.75 Å². The molecule has 2 heterocycles. The summed E-state index contributed by atoms with van der Waals surface area (Å²) in [5.41, 5.74) is 1.43. The molecular weight excluding hydrogens is 368 g/mol. The molecule has 2 aromatic rings. The number of benzene rings is 1. The summed E-state index contributed by atoms with van der Waals surface area (Å²) in [5, 5.41) is 0.826. The van der Waals surface area contributed by atoms with Crippen molar-refractivity contribution in [3.63, 3.8) is 0 Å². The van der Waals surface area contributed by atoms with E-state index in [4.69, 9.17) is 9.15 Å². The maximum atomic E-state index is 12.7. The monoisotopic (exact) mass is 390 g/mol. The van der Waals surface area contributed by atoms with Gasteiger partial charge in [-0.3, -0.25) is 4.79 Å². The molecule has 1 aromatic carbocycles. The Kier molecular flexibility index (Phi) is 4.18. The first-order valence-corrected chi connectivity index (χ1v) is 11.0. The third-order valence-corrected chi connectivity index (χ3v) is 7.67. The number of sulfone groups is 1. The number of aryl methyl sites for hydroxylation is 2. The zero-order valence-electron chi connectivity index (χ0n) is 15.4. The van der Waals surface area contributed by atoms with E-state index in [1.54, 1.807) is 6.07 Å². The number of hydrogen-bond donors (Lipinski definition) is 0. The predicted octanol–water partition coefficient (Wildman–Crippen LogP) is 2.78. The molecule has 6 nitrogen and oxygen atoms in total. The number of carbonyl (C=O) groups is 1. The van der Waals surface area contributed by atoms with Crippen molar-refractivity contribution in [2.24, 2.45) is 11.3 Å². The average Bonchev–Trinajstić information content (AvgIpc) is 3.32. The Balaban J connectivity index is 1.58. The Bertz CT molecular complexity index is 1080. The highest BCUT2D eigenvalue weighted by atomic mass is 32.2. The maximum Gasteiger partial charge on any atom is 0.336 e. The van der Waals surface area contributed by atoms with Gasteiger partial charge >= 0.3 is 11.6 Å². The number of carbonyl (C=O) groups excluding carboxylic acids is 1. The lowest BCUT2D eigenvalue weighted by Crippen LogP contribution is -2.28. The van der Waals surface area contributed by atoms with Crippen LogP contribution in [0.1, 0.15) is 37.3 Å². The minimum atomic E-state index is -2.96.